The van der Waals surface area contributed by atoms with Crippen molar-refractivity contribution in [1.29, 1.82) is 0 Å². The molecule has 2 unspecified atom stereocenters. The minimum absolute atomic E-state index is 0.128. The monoisotopic (exact) mass is 300 g/mol. The van der Waals surface area contributed by atoms with Crippen LogP contribution in [0.4, 0.5) is 0 Å². The maximum Gasteiger partial charge on any atom is 0.226 e. The molecule has 1 aliphatic carbocycles. The molecule has 0 N–H and O–H groups in total. The van der Waals surface area contributed by atoms with Crippen molar-refractivity contribution in [1.82, 2.24) is 9.80 Å². The number of rotatable bonds is 4. The van der Waals surface area contributed by atoms with Crippen LogP contribution in [0, 0.1) is 5.92 Å². The summed E-state index contributed by atoms with van der Waals surface area (Å²) >= 11 is 0. The van der Waals surface area contributed by atoms with Crippen LogP contribution in [0.3, 0.4) is 0 Å². The van der Waals surface area contributed by atoms with Crippen LogP contribution in [0.25, 0.3) is 0 Å². The third-order valence-corrected chi connectivity index (χ3v) is 4.66. The van der Waals surface area contributed by atoms with Gasteiger partial charge in [0.05, 0.1) is 19.1 Å². The van der Waals surface area contributed by atoms with Crippen LogP contribution in [-0.4, -0.2) is 41.9 Å². The lowest BCUT2D eigenvalue weighted by Crippen LogP contribution is -2.48. The van der Waals surface area contributed by atoms with Gasteiger partial charge in [-0.15, -0.1) is 0 Å². The van der Waals surface area contributed by atoms with Crippen molar-refractivity contribution in [3.8, 4) is 0 Å². The van der Waals surface area contributed by atoms with E-state index in [2.05, 4.69) is 4.90 Å². The van der Waals surface area contributed by atoms with Crippen molar-refractivity contribution in [2.24, 2.45) is 5.92 Å². The molecular weight excluding hydrogens is 280 g/mol. The second kappa shape index (κ2) is 5.65. The SMILES string of the molecule is O=C(C1CC1c1ccco1)N1CCN(Cc2ccco2)CC1. The van der Waals surface area contributed by atoms with Gasteiger partial charge in [-0.05, 0) is 30.7 Å². The fourth-order valence-corrected chi connectivity index (χ4v) is 3.27. The van der Waals surface area contributed by atoms with E-state index in [1.54, 1.807) is 12.5 Å². The third-order valence-electron chi connectivity index (χ3n) is 4.66. The molecule has 2 aliphatic rings. The van der Waals surface area contributed by atoms with Crippen molar-refractivity contribution in [3.05, 3.63) is 48.3 Å². The average Bonchev–Trinajstić information content (AvgIpc) is 2.94. The molecule has 4 rings (SSSR count). The molecule has 116 valence electrons. The van der Waals surface area contributed by atoms with Gasteiger partial charge >= 0.3 is 0 Å². The zero-order chi connectivity index (χ0) is 14.9. The minimum atomic E-state index is 0.128. The first-order valence-electron chi connectivity index (χ1n) is 7.88. The van der Waals surface area contributed by atoms with Gasteiger partial charge in [0.2, 0.25) is 5.91 Å². The fourth-order valence-electron chi connectivity index (χ4n) is 3.27. The Balaban J connectivity index is 1.28. The van der Waals surface area contributed by atoms with Crippen molar-refractivity contribution in [3.63, 3.8) is 0 Å². The highest BCUT2D eigenvalue weighted by Gasteiger charge is 2.47. The van der Waals surface area contributed by atoms with Crippen LogP contribution in [0.15, 0.2) is 45.6 Å². The number of furan rings is 2. The second-order valence-corrected chi connectivity index (χ2v) is 6.14. The lowest BCUT2D eigenvalue weighted by Gasteiger charge is -2.34. The molecule has 2 aromatic heterocycles. The first kappa shape index (κ1) is 13.6. The minimum Gasteiger partial charge on any atom is -0.469 e. The molecule has 1 aliphatic heterocycles. The quantitative estimate of drug-likeness (QED) is 0.869. The molecule has 22 heavy (non-hydrogen) atoms. The van der Waals surface area contributed by atoms with Crippen LogP contribution in [0.2, 0.25) is 0 Å². The molecule has 2 fully saturated rings. The largest absolute Gasteiger partial charge is 0.469 e. The Hall–Kier alpha value is -2.01. The number of nitrogens with zero attached hydrogens (tertiary/aromatic N) is 2. The topological polar surface area (TPSA) is 49.8 Å². The molecule has 1 saturated carbocycles. The van der Waals surface area contributed by atoms with E-state index in [1.165, 1.54) is 0 Å². The maximum absolute atomic E-state index is 12.5. The number of piperazine rings is 1. The van der Waals surface area contributed by atoms with Gasteiger partial charge < -0.3 is 13.7 Å². The molecule has 2 aromatic rings. The molecule has 5 heteroatoms. The van der Waals surface area contributed by atoms with Crippen LogP contribution >= 0.6 is 0 Å². The molecular formula is C17H20N2O3. The van der Waals surface area contributed by atoms with E-state index >= 15 is 0 Å². The first-order chi connectivity index (χ1) is 10.8. The molecule has 3 heterocycles. The summed E-state index contributed by atoms with van der Waals surface area (Å²) in [5, 5.41) is 0. The number of hydrogen-bond acceptors (Lipinski definition) is 4. The summed E-state index contributed by atoms with van der Waals surface area (Å²) in [6.07, 6.45) is 4.32. The number of carbonyl (C=O) groups excluding carboxylic acids is 1. The van der Waals surface area contributed by atoms with E-state index in [0.717, 1.165) is 50.7 Å². The molecule has 2 atom stereocenters. The zero-order valence-corrected chi connectivity index (χ0v) is 12.5. The first-order valence-corrected chi connectivity index (χ1v) is 7.88. The Kier molecular flexibility index (Phi) is 3.50. The summed E-state index contributed by atoms with van der Waals surface area (Å²) in [6, 6.07) is 7.77. The Morgan fingerprint density at radius 1 is 1.09 bits per heavy atom. The molecule has 0 spiro atoms. The summed E-state index contributed by atoms with van der Waals surface area (Å²) in [5.74, 6) is 2.65. The van der Waals surface area contributed by atoms with E-state index in [-0.39, 0.29) is 5.92 Å². The van der Waals surface area contributed by atoms with Gasteiger partial charge in [0.15, 0.2) is 0 Å². The average molecular weight is 300 g/mol. The van der Waals surface area contributed by atoms with Crippen LogP contribution in [0.1, 0.15) is 23.9 Å². The lowest BCUT2D eigenvalue weighted by atomic mass is 10.2. The predicted molar refractivity (Wildman–Crippen MR) is 80.1 cm³/mol. The molecule has 5 nitrogen and oxygen atoms in total. The Morgan fingerprint density at radius 2 is 1.86 bits per heavy atom. The van der Waals surface area contributed by atoms with E-state index in [0.29, 0.717) is 11.8 Å². The normalized spacial score (nSPS) is 25.4. The Labute approximate surface area is 129 Å². The summed E-state index contributed by atoms with van der Waals surface area (Å²) in [4.78, 5) is 16.9. The van der Waals surface area contributed by atoms with Crippen molar-refractivity contribution in [2.75, 3.05) is 26.2 Å². The standard InChI is InChI=1S/C17H20N2O3/c20-17(15-11-14(15)16-4-2-10-22-16)19-7-5-18(6-8-19)12-13-3-1-9-21-13/h1-4,9-10,14-15H,5-8,11-12H2. The summed E-state index contributed by atoms with van der Waals surface area (Å²) in [7, 11) is 0. The Morgan fingerprint density at radius 3 is 2.55 bits per heavy atom. The van der Waals surface area contributed by atoms with Gasteiger partial charge in [0, 0.05) is 38.0 Å². The second-order valence-electron chi connectivity index (χ2n) is 6.14. The van der Waals surface area contributed by atoms with Crippen molar-refractivity contribution in [2.45, 2.75) is 18.9 Å². The van der Waals surface area contributed by atoms with Crippen molar-refractivity contribution < 1.29 is 13.6 Å². The van der Waals surface area contributed by atoms with Gasteiger partial charge in [-0.2, -0.15) is 0 Å². The number of amides is 1. The zero-order valence-electron chi connectivity index (χ0n) is 12.5. The van der Waals surface area contributed by atoms with Gasteiger partial charge in [-0.1, -0.05) is 0 Å². The predicted octanol–water partition coefficient (Wildman–Crippen LogP) is 2.32. The third kappa shape index (κ3) is 2.68. The highest BCUT2D eigenvalue weighted by atomic mass is 16.3. The Bertz CT molecular complexity index is 612. The highest BCUT2D eigenvalue weighted by molar-refractivity contribution is 5.83. The van der Waals surface area contributed by atoms with Gasteiger partial charge in [0.1, 0.15) is 11.5 Å². The van der Waals surface area contributed by atoms with Gasteiger partial charge in [0.25, 0.3) is 0 Å². The van der Waals surface area contributed by atoms with Crippen LogP contribution in [-0.2, 0) is 11.3 Å². The number of carbonyl (C=O) groups is 1. The highest BCUT2D eigenvalue weighted by Crippen LogP contribution is 2.48. The van der Waals surface area contributed by atoms with Gasteiger partial charge in [-0.25, -0.2) is 0 Å². The van der Waals surface area contributed by atoms with E-state index in [1.807, 2.05) is 29.2 Å². The molecule has 0 radical (unpaired) electrons. The van der Waals surface area contributed by atoms with E-state index in [4.69, 9.17) is 8.83 Å². The summed E-state index contributed by atoms with van der Waals surface area (Å²) in [6.45, 7) is 4.25. The summed E-state index contributed by atoms with van der Waals surface area (Å²) < 4.78 is 10.8. The summed E-state index contributed by atoms with van der Waals surface area (Å²) in [5.41, 5.74) is 0. The van der Waals surface area contributed by atoms with E-state index < -0.39 is 0 Å². The van der Waals surface area contributed by atoms with Crippen molar-refractivity contribution >= 4 is 5.91 Å². The molecule has 0 bridgehead atoms. The van der Waals surface area contributed by atoms with Crippen LogP contribution in [0.5, 0.6) is 0 Å². The smallest absolute Gasteiger partial charge is 0.226 e. The lowest BCUT2D eigenvalue weighted by molar-refractivity contribution is -0.134. The van der Waals surface area contributed by atoms with Gasteiger partial charge in [-0.3, -0.25) is 9.69 Å². The molecule has 1 amide bonds. The number of hydrogen-bond donors (Lipinski definition) is 0. The molecule has 1 saturated heterocycles. The van der Waals surface area contributed by atoms with E-state index in [9.17, 15) is 4.79 Å². The molecule has 0 aromatic carbocycles. The van der Waals surface area contributed by atoms with Crippen LogP contribution < -0.4 is 0 Å². The fraction of sp³-hybridized carbons (Fsp3) is 0.471. The maximum atomic E-state index is 12.5.